The monoisotopic (exact) mass is 725 g/mol. The van der Waals surface area contributed by atoms with Gasteiger partial charge >= 0.3 is 12.2 Å². The molecule has 1 aromatic rings. The Bertz CT molecular complexity index is 1750. The summed E-state index contributed by atoms with van der Waals surface area (Å²) in [5.74, 6) is -2.79. The molecule has 0 spiro atoms. The molecule has 4 bridgehead atoms. The molecule has 6 aliphatic rings. The van der Waals surface area contributed by atoms with Crippen molar-refractivity contribution in [3.8, 4) is 0 Å². The summed E-state index contributed by atoms with van der Waals surface area (Å²) in [5.41, 5.74) is 0.724. The van der Waals surface area contributed by atoms with Crippen LogP contribution in [-0.4, -0.2) is 90.4 Å². The van der Waals surface area contributed by atoms with Crippen LogP contribution in [0.1, 0.15) is 82.4 Å². The van der Waals surface area contributed by atoms with Crippen LogP contribution in [0.5, 0.6) is 0 Å². The number of benzene rings is 1. The van der Waals surface area contributed by atoms with Crippen LogP contribution in [0, 0.1) is 11.3 Å². The molecular formula is C36H47N5O9S. The molecule has 2 aliphatic carbocycles. The fraction of sp³-hybridized carbons (Fsp3) is 0.583. The summed E-state index contributed by atoms with van der Waals surface area (Å²) in [6.07, 6.45) is 5.92. The molecule has 3 N–H and O–H groups in total. The second-order valence-corrected chi connectivity index (χ2v) is 17.1. The van der Waals surface area contributed by atoms with Gasteiger partial charge < -0.3 is 25.0 Å². The van der Waals surface area contributed by atoms with Crippen molar-refractivity contribution in [1.82, 2.24) is 25.2 Å². The van der Waals surface area contributed by atoms with Crippen LogP contribution in [0.2, 0.25) is 0 Å². The van der Waals surface area contributed by atoms with Crippen LogP contribution in [0.25, 0.3) is 6.08 Å². The van der Waals surface area contributed by atoms with Gasteiger partial charge in [-0.1, -0.05) is 57.2 Å². The van der Waals surface area contributed by atoms with Crippen molar-refractivity contribution in [2.24, 2.45) is 11.3 Å². The smallest absolute Gasteiger partial charge is 0.412 e. The molecule has 4 heterocycles. The van der Waals surface area contributed by atoms with Crippen molar-refractivity contribution in [2.45, 2.75) is 108 Å². The highest BCUT2D eigenvalue weighted by Crippen LogP contribution is 2.46. The second kappa shape index (κ2) is 14.0. The summed E-state index contributed by atoms with van der Waals surface area (Å²) >= 11 is 0. The van der Waals surface area contributed by atoms with Gasteiger partial charge in [0.15, 0.2) is 6.23 Å². The maximum absolute atomic E-state index is 14.5. The number of alkyl carbamates (subject to hydrolysis) is 1. The van der Waals surface area contributed by atoms with Gasteiger partial charge in [0.05, 0.1) is 11.9 Å². The Morgan fingerprint density at radius 1 is 1.12 bits per heavy atom. The first-order valence-electron chi connectivity index (χ1n) is 17.6. The molecule has 3 fully saturated rings. The average molecular weight is 726 g/mol. The number of carbonyl (C=O) groups is 5. The Hall–Kier alpha value is -4.40. The fourth-order valence-corrected chi connectivity index (χ4v) is 8.51. The lowest BCUT2D eigenvalue weighted by atomic mass is 9.85. The maximum atomic E-state index is 14.5. The average Bonchev–Trinajstić information content (AvgIpc) is 4.00. The molecule has 0 radical (unpaired) electrons. The topological polar surface area (TPSA) is 181 Å². The lowest BCUT2D eigenvalue weighted by Gasteiger charge is -2.38. The fourth-order valence-electron chi connectivity index (χ4n) is 7.14. The minimum atomic E-state index is -3.91. The molecule has 5 amide bonds. The molecule has 51 heavy (non-hydrogen) atoms. The Labute approximate surface area is 298 Å². The SMILES string of the molecule is C=C[C@@H]1C[C@@]1(NC(=O)[C@@H]1CCC2OC(=O)N3CCc4c(cccc4C3)/C=C/CCCOC(=O)N[C@@H](C(C)(C)C)C(=O)N21)C(=O)NS(=O)(=O)C1CC1. The number of sulfonamides is 1. The number of fused-ring (bicyclic) bond motifs is 10. The molecule has 1 unspecified atom stereocenters. The summed E-state index contributed by atoms with van der Waals surface area (Å²) in [7, 11) is -3.91. The number of amides is 5. The Morgan fingerprint density at radius 2 is 1.88 bits per heavy atom. The van der Waals surface area contributed by atoms with Gasteiger partial charge in [-0.25, -0.2) is 18.0 Å². The third kappa shape index (κ3) is 7.63. The van der Waals surface area contributed by atoms with E-state index in [4.69, 9.17) is 9.47 Å². The van der Waals surface area contributed by atoms with E-state index in [0.717, 1.165) is 16.7 Å². The molecule has 14 nitrogen and oxygen atoms in total. The zero-order valence-corrected chi connectivity index (χ0v) is 30.1. The Balaban J connectivity index is 1.29. The van der Waals surface area contributed by atoms with Gasteiger partial charge in [-0.2, -0.15) is 0 Å². The zero-order valence-electron chi connectivity index (χ0n) is 29.3. The van der Waals surface area contributed by atoms with Crippen molar-refractivity contribution in [3.63, 3.8) is 0 Å². The first kappa shape index (κ1) is 36.4. The van der Waals surface area contributed by atoms with Crippen molar-refractivity contribution in [3.05, 3.63) is 53.6 Å². The lowest BCUT2D eigenvalue weighted by molar-refractivity contribution is -0.151. The summed E-state index contributed by atoms with van der Waals surface area (Å²) in [6, 6.07) is 3.52. The number of rotatable bonds is 6. The molecule has 1 aromatic carbocycles. The molecule has 5 atom stereocenters. The molecule has 7 rings (SSSR count). The lowest BCUT2D eigenvalue weighted by Crippen LogP contribution is -2.62. The van der Waals surface area contributed by atoms with E-state index >= 15 is 0 Å². The molecule has 2 saturated carbocycles. The first-order valence-corrected chi connectivity index (χ1v) is 19.2. The number of nitrogens with zero attached hydrogens (tertiary/aromatic N) is 2. The van der Waals surface area contributed by atoms with Gasteiger partial charge in [0.25, 0.3) is 5.91 Å². The Kier molecular flexibility index (Phi) is 9.96. The summed E-state index contributed by atoms with van der Waals surface area (Å²) in [5, 5.41) is 4.77. The third-order valence-electron chi connectivity index (χ3n) is 10.4. The summed E-state index contributed by atoms with van der Waals surface area (Å²) < 4.78 is 38.8. The highest BCUT2D eigenvalue weighted by molar-refractivity contribution is 7.91. The minimum Gasteiger partial charge on any atom is -0.450 e. The molecule has 0 aromatic heterocycles. The van der Waals surface area contributed by atoms with E-state index in [9.17, 15) is 32.4 Å². The van der Waals surface area contributed by atoms with Crippen molar-refractivity contribution in [1.29, 1.82) is 0 Å². The number of ether oxygens (including phenoxy) is 2. The normalized spacial score (nSPS) is 29.3. The summed E-state index contributed by atoms with van der Waals surface area (Å²) in [4.78, 5) is 71.5. The van der Waals surface area contributed by atoms with Crippen molar-refractivity contribution >= 4 is 46.0 Å². The zero-order chi connectivity index (χ0) is 36.7. The van der Waals surface area contributed by atoms with Crippen molar-refractivity contribution < 1.29 is 41.9 Å². The number of allylic oxidation sites excluding steroid dienone is 1. The minimum absolute atomic E-state index is 0.0756. The van der Waals surface area contributed by atoms with Crippen LogP contribution in [-0.2, 0) is 46.8 Å². The number of hydrogen-bond acceptors (Lipinski definition) is 9. The van der Waals surface area contributed by atoms with Gasteiger partial charge in [-0.3, -0.25) is 24.0 Å². The van der Waals surface area contributed by atoms with Gasteiger partial charge in [-0.15, -0.1) is 6.58 Å². The van der Waals surface area contributed by atoms with E-state index in [2.05, 4.69) is 21.9 Å². The van der Waals surface area contributed by atoms with Crippen LogP contribution in [0.4, 0.5) is 9.59 Å². The number of nitrogens with one attached hydrogen (secondary N) is 3. The van der Waals surface area contributed by atoms with Gasteiger partial charge in [0, 0.05) is 25.4 Å². The van der Waals surface area contributed by atoms with Crippen LogP contribution < -0.4 is 15.4 Å². The van der Waals surface area contributed by atoms with Crippen LogP contribution in [0.3, 0.4) is 0 Å². The molecule has 4 aliphatic heterocycles. The van der Waals surface area contributed by atoms with E-state index in [1.807, 2.05) is 30.4 Å². The number of hydrogen-bond donors (Lipinski definition) is 3. The number of carbonyl (C=O) groups excluding carboxylic acids is 5. The predicted molar refractivity (Wildman–Crippen MR) is 186 cm³/mol. The van der Waals surface area contributed by atoms with Gasteiger partial charge in [0.2, 0.25) is 21.8 Å². The molecular weight excluding hydrogens is 678 g/mol. The maximum Gasteiger partial charge on any atom is 0.412 e. The largest absolute Gasteiger partial charge is 0.450 e. The molecule has 15 heteroatoms. The molecule has 276 valence electrons. The quantitative estimate of drug-likeness (QED) is 0.372. The highest BCUT2D eigenvalue weighted by Gasteiger charge is 2.62. The van der Waals surface area contributed by atoms with Crippen molar-refractivity contribution in [2.75, 3.05) is 13.2 Å². The highest BCUT2D eigenvalue weighted by atomic mass is 32.2. The standard InChI is InChI=1S/C36H47N5O9S/c1-5-24-20-36(24,32(44)39-51(47,48)25-13-14-25)38-30(42)27-15-16-28-41(27)31(43)29(35(2,3)4)37-33(45)49-19-8-6-7-10-22-11-9-12-23-21-40(34(46)50-28)18-17-26(22)23/h5,7,9-12,24-25,27-29H,1,6,8,13-21H2,2-4H3,(H,37,45)(H,38,42)(H,39,44)/b10-7+/t24-,27+,28?,29-,36+/m1/s1. The van der Waals surface area contributed by atoms with E-state index in [1.54, 1.807) is 25.7 Å². The second-order valence-electron chi connectivity index (χ2n) is 15.1. The van der Waals surface area contributed by atoms with Crippen LogP contribution >= 0.6 is 0 Å². The first-order chi connectivity index (χ1) is 24.1. The van der Waals surface area contributed by atoms with Gasteiger partial charge in [0.1, 0.15) is 17.6 Å². The van der Waals surface area contributed by atoms with E-state index < -0.39 is 80.4 Å². The molecule has 1 saturated heterocycles. The Morgan fingerprint density at radius 3 is 2.57 bits per heavy atom. The van der Waals surface area contributed by atoms with E-state index in [0.29, 0.717) is 45.2 Å². The van der Waals surface area contributed by atoms with E-state index in [1.165, 1.54) is 11.0 Å². The van der Waals surface area contributed by atoms with E-state index in [-0.39, 0.29) is 25.9 Å². The van der Waals surface area contributed by atoms with Crippen LogP contribution in [0.15, 0.2) is 36.9 Å². The van der Waals surface area contributed by atoms with Gasteiger partial charge in [-0.05, 0) is 67.1 Å². The predicted octanol–water partition coefficient (Wildman–Crippen LogP) is 3.12. The third-order valence-corrected chi connectivity index (χ3v) is 12.2. The summed E-state index contributed by atoms with van der Waals surface area (Å²) in [6.45, 7) is 9.80.